The molecule has 0 aromatic carbocycles. The molecule has 0 aromatic heterocycles. The predicted octanol–water partition coefficient (Wildman–Crippen LogP) is 2.30. The molecule has 0 amide bonds. The van der Waals surface area contributed by atoms with Gasteiger partial charge in [0.05, 0.1) is 0 Å². The number of allylic oxidation sites excluding steroid dienone is 1. The van der Waals surface area contributed by atoms with Crippen molar-refractivity contribution in [3.05, 3.63) is 12.7 Å². The Bertz CT molecular complexity index is 159. The summed E-state index contributed by atoms with van der Waals surface area (Å²) in [5.74, 6) is -1.74. The maximum absolute atomic E-state index is 9.90. The van der Waals surface area contributed by atoms with Crippen LogP contribution in [0.5, 0.6) is 0 Å². The summed E-state index contributed by atoms with van der Waals surface area (Å²) in [5.41, 5.74) is 0. The van der Waals surface area contributed by atoms with E-state index in [0.717, 1.165) is 6.42 Å². The van der Waals surface area contributed by atoms with Gasteiger partial charge in [0.25, 0.3) is 0 Å². The van der Waals surface area contributed by atoms with Crippen molar-refractivity contribution in [3.63, 3.8) is 0 Å². The fourth-order valence-electron chi connectivity index (χ4n) is 0.552. The maximum atomic E-state index is 9.90. The molecular weight excluding hydrogens is 184 g/mol. The van der Waals surface area contributed by atoms with Gasteiger partial charge in [0, 0.05) is 12.8 Å². The minimum atomic E-state index is -0.870. The third-order valence-corrected chi connectivity index (χ3v) is 1.32. The molecule has 4 heteroatoms. The van der Waals surface area contributed by atoms with E-state index in [4.69, 9.17) is 10.2 Å². The Morgan fingerprint density at radius 2 is 1.43 bits per heavy atom. The molecule has 0 aliphatic rings. The normalized spacial score (nSPS) is 8.36. The minimum Gasteiger partial charge on any atom is -0.481 e. The van der Waals surface area contributed by atoms with E-state index in [1.54, 1.807) is 0 Å². The van der Waals surface area contributed by atoms with Crippen molar-refractivity contribution in [2.45, 2.75) is 39.0 Å². The molecule has 0 saturated heterocycles. The van der Waals surface area contributed by atoms with Gasteiger partial charge in [0.15, 0.2) is 0 Å². The summed E-state index contributed by atoms with van der Waals surface area (Å²) in [6, 6.07) is 0. The summed E-state index contributed by atoms with van der Waals surface area (Å²) >= 11 is 0. The van der Waals surface area contributed by atoms with Crippen LogP contribution in [0.1, 0.15) is 39.0 Å². The highest BCUT2D eigenvalue weighted by Gasteiger charge is 1.99. The zero-order valence-electron chi connectivity index (χ0n) is 8.53. The fraction of sp³-hybridized carbons (Fsp3) is 0.600. The third-order valence-electron chi connectivity index (χ3n) is 1.32. The molecule has 0 saturated carbocycles. The van der Waals surface area contributed by atoms with Crippen LogP contribution in [0.15, 0.2) is 12.7 Å². The first-order valence-corrected chi connectivity index (χ1v) is 4.59. The van der Waals surface area contributed by atoms with E-state index in [1.165, 1.54) is 0 Å². The molecule has 0 aromatic rings. The van der Waals surface area contributed by atoms with Crippen LogP contribution >= 0.6 is 0 Å². The number of hydrogen-bond acceptors (Lipinski definition) is 2. The van der Waals surface area contributed by atoms with Crippen LogP contribution in [0, 0.1) is 0 Å². The van der Waals surface area contributed by atoms with Crippen LogP contribution in [-0.2, 0) is 9.59 Å². The molecular formula is C10H18O4. The molecule has 82 valence electrons. The van der Waals surface area contributed by atoms with Crippen LogP contribution in [0.2, 0.25) is 0 Å². The first-order valence-electron chi connectivity index (χ1n) is 4.59. The second kappa shape index (κ2) is 11.7. The highest BCUT2D eigenvalue weighted by atomic mass is 16.4. The van der Waals surface area contributed by atoms with E-state index in [-0.39, 0.29) is 12.8 Å². The lowest BCUT2D eigenvalue weighted by Gasteiger charge is -1.92. The van der Waals surface area contributed by atoms with E-state index in [1.807, 2.05) is 6.08 Å². The Labute approximate surface area is 84.3 Å². The lowest BCUT2D eigenvalue weighted by Crippen LogP contribution is -1.97. The Kier molecular flexibility index (Phi) is 12.7. The first kappa shape index (κ1) is 15.2. The van der Waals surface area contributed by atoms with Crippen LogP contribution < -0.4 is 0 Å². The molecule has 0 aliphatic carbocycles. The van der Waals surface area contributed by atoms with Crippen molar-refractivity contribution in [3.8, 4) is 0 Å². The highest BCUT2D eigenvalue weighted by Crippen LogP contribution is 1.98. The third kappa shape index (κ3) is 22.4. The highest BCUT2D eigenvalue weighted by molar-refractivity contribution is 5.67. The van der Waals surface area contributed by atoms with E-state index in [9.17, 15) is 9.59 Å². The average Bonchev–Trinajstić information content (AvgIpc) is 2.12. The first-order chi connectivity index (χ1) is 6.54. The lowest BCUT2D eigenvalue weighted by molar-refractivity contribution is -0.139. The van der Waals surface area contributed by atoms with Gasteiger partial charge in [0.1, 0.15) is 0 Å². The monoisotopic (exact) mass is 202 g/mol. The predicted molar refractivity (Wildman–Crippen MR) is 54.2 cm³/mol. The number of carboxylic acid groups (broad SMARTS) is 2. The Balaban J connectivity index is 0. The van der Waals surface area contributed by atoms with Gasteiger partial charge < -0.3 is 10.2 Å². The molecule has 0 fully saturated rings. The van der Waals surface area contributed by atoms with Gasteiger partial charge in [-0.2, -0.15) is 0 Å². The SMILES string of the molecule is C=CCC.O=C(O)CCCCC(=O)O. The molecule has 0 rings (SSSR count). The number of hydrogen-bond donors (Lipinski definition) is 2. The molecule has 14 heavy (non-hydrogen) atoms. The fourth-order valence-corrected chi connectivity index (χ4v) is 0.552. The van der Waals surface area contributed by atoms with Crippen molar-refractivity contribution in [1.29, 1.82) is 0 Å². The summed E-state index contributed by atoms with van der Waals surface area (Å²) in [4.78, 5) is 19.8. The molecule has 0 bridgehead atoms. The Hall–Kier alpha value is -1.32. The van der Waals surface area contributed by atoms with Crippen molar-refractivity contribution < 1.29 is 19.8 Å². The molecule has 0 atom stereocenters. The molecule has 0 unspecified atom stereocenters. The number of carboxylic acids is 2. The second-order valence-corrected chi connectivity index (χ2v) is 2.69. The maximum Gasteiger partial charge on any atom is 0.303 e. The van der Waals surface area contributed by atoms with Crippen molar-refractivity contribution >= 4 is 11.9 Å². The van der Waals surface area contributed by atoms with Gasteiger partial charge in [-0.25, -0.2) is 0 Å². The molecule has 0 heterocycles. The Morgan fingerprint density at radius 1 is 1.14 bits per heavy atom. The molecule has 0 spiro atoms. The molecule has 4 nitrogen and oxygen atoms in total. The van der Waals surface area contributed by atoms with E-state index < -0.39 is 11.9 Å². The van der Waals surface area contributed by atoms with Crippen molar-refractivity contribution in [2.24, 2.45) is 0 Å². The number of unbranched alkanes of at least 4 members (excludes halogenated alkanes) is 1. The van der Waals surface area contributed by atoms with E-state index >= 15 is 0 Å². The van der Waals surface area contributed by atoms with Crippen molar-refractivity contribution in [1.82, 2.24) is 0 Å². The molecule has 0 radical (unpaired) electrons. The van der Waals surface area contributed by atoms with Gasteiger partial charge >= 0.3 is 11.9 Å². The summed E-state index contributed by atoms with van der Waals surface area (Å²) in [5, 5.41) is 16.3. The van der Waals surface area contributed by atoms with Crippen molar-refractivity contribution in [2.75, 3.05) is 0 Å². The minimum absolute atomic E-state index is 0.0628. The number of aliphatic carboxylic acids is 2. The van der Waals surface area contributed by atoms with Crippen LogP contribution in [0.3, 0.4) is 0 Å². The summed E-state index contributed by atoms with van der Waals surface area (Å²) in [6.45, 7) is 5.54. The average molecular weight is 202 g/mol. The van der Waals surface area contributed by atoms with Gasteiger partial charge in [-0.15, -0.1) is 6.58 Å². The van der Waals surface area contributed by atoms with E-state index in [0.29, 0.717) is 12.8 Å². The van der Waals surface area contributed by atoms with Gasteiger partial charge in [-0.05, 0) is 19.3 Å². The lowest BCUT2D eigenvalue weighted by atomic mass is 10.2. The summed E-state index contributed by atoms with van der Waals surface area (Å²) < 4.78 is 0. The zero-order chi connectivity index (χ0) is 11.4. The largest absolute Gasteiger partial charge is 0.481 e. The number of rotatable bonds is 6. The molecule has 2 N–H and O–H groups in total. The smallest absolute Gasteiger partial charge is 0.303 e. The standard InChI is InChI=1S/C6H10O4.C4H8/c7-5(8)3-1-2-4-6(9)10;1-3-4-2/h1-4H2,(H,7,8)(H,9,10);3H,1,4H2,2H3. The van der Waals surface area contributed by atoms with Gasteiger partial charge in [-0.3, -0.25) is 9.59 Å². The van der Waals surface area contributed by atoms with Crippen LogP contribution in [0.25, 0.3) is 0 Å². The van der Waals surface area contributed by atoms with Gasteiger partial charge in [0.2, 0.25) is 0 Å². The second-order valence-electron chi connectivity index (χ2n) is 2.69. The van der Waals surface area contributed by atoms with Gasteiger partial charge in [-0.1, -0.05) is 13.0 Å². The number of carbonyl (C=O) groups is 2. The summed E-state index contributed by atoms with van der Waals surface area (Å²) in [7, 11) is 0. The van der Waals surface area contributed by atoms with Crippen LogP contribution in [-0.4, -0.2) is 22.2 Å². The quantitative estimate of drug-likeness (QED) is 0.512. The van der Waals surface area contributed by atoms with Crippen LogP contribution in [0.4, 0.5) is 0 Å². The molecule has 0 aliphatic heterocycles. The zero-order valence-corrected chi connectivity index (χ0v) is 8.53. The Morgan fingerprint density at radius 3 is 1.57 bits per heavy atom. The van der Waals surface area contributed by atoms with E-state index in [2.05, 4.69) is 13.5 Å². The summed E-state index contributed by atoms with van der Waals surface area (Å²) in [6.07, 6.45) is 3.98. The topological polar surface area (TPSA) is 74.6 Å².